The SMILES string of the molecule is CCO[Si](CC)(OCC)OCCSCCN. The van der Waals surface area contributed by atoms with Crippen LogP contribution in [0.3, 0.4) is 0 Å². The fourth-order valence-electron chi connectivity index (χ4n) is 1.31. The van der Waals surface area contributed by atoms with Gasteiger partial charge < -0.3 is 19.0 Å². The van der Waals surface area contributed by atoms with E-state index in [1.165, 1.54) is 0 Å². The van der Waals surface area contributed by atoms with Gasteiger partial charge in [-0.1, -0.05) is 6.92 Å². The van der Waals surface area contributed by atoms with Crippen molar-refractivity contribution >= 4 is 20.6 Å². The molecule has 0 bridgehead atoms. The number of hydrogen-bond donors (Lipinski definition) is 1. The summed E-state index contributed by atoms with van der Waals surface area (Å²) in [6.07, 6.45) is 0. The lowest BCUT2D eigenvalue weighted by molar-refractivity contribution is 0.0734. The first-order chi connectivity index (χ1) is 7.74. The second-order valence-corrected chi connectivity index (χ2v) is 7.32. The molecule has 0 radical (unpaired) electrons. The third-order valence-corrected chi connectivity index (χ3v) is 5.92. The van der Waals surface area contributed by atoms with Gasteiger partial charge in [-0.15, -0.1) is 0 Å². The Morgan fingerprint density at radius 2 is 1.62 bits per heavy atom. The van der Waals surface area contributed by atoms with E-state index in [4.69, 9.17) is 19.0 Å². The molecule has 0 amide bonds. The van der Waals surface area contributed by atoms with Crippen LogP contribution >= 0.6 is 11.8 Å². The van der Waals surface area contributed by atoms with Crippen LogP contribution in [0.15, 0.2) is 0 Å². The molecule has 16 heavy (non-hydrogen) atoms. The normalized spacial score (nSPS) is 12.0. The van der Waals surface area contributed by atoms with Gasteiger partial charge in [0.2, 0.25) is 0 Å². The van der Waals surface area contributed by atoms with Crippen molar-refractivity contribution in [3.05, 3.63) is 0 Å². The van der Waals surface area contributed by atoms with Crippen molar-refractivity contribution in [2.75, 3.05) is 37.9 Å². The van der Waals surface area contributed by atoms with Crippen molar-refractivity contribution < 1.29 is 13.3 Å². The fourth-order valence-corrected chi connectivity index (χ4v) is 4.19. The van der Waals surface area contributed by atoms with Crippen LogP contribution in [0, 0.1) is 0 Å². The Balaban J connectivity index is 3.89. The molecule has 0 rings (SSSR count). The molecule has 0 aliphatic heterocycles. The summed E-state index contributed by atoms with van der Waals surface area (Å²) in [5.41, 5.74) is 5.42. The van der Waals surface area contributed by atoms with E-state index >= 15 is 0 Å². The minimum absolute atomic E-state index is 0.649. The lowest BCUT2D eigenvalue weighted by Crippen LogP contribution is -2.45. The van der Waals surface area contributed by atoms with E-state index in [-0.39, 0.29) is 0 Å². The Morgan fingerprint density at radius 3 is 2.06 bits per heavy atom. The molecule has 0 aliphatic carbocycles. The van der Waals surface area contributed by atoms with Crippen LogP contribution in [0.25, 0.3) is 0 Å². The van der Waals surface area contributed by atoms with Gasteiger partial charge in [-0.3, -0.25) is 0 Å². The van der Waals surface area contributed by atoms with E-state index in [9.17, 15) is 0 Å². The average molecular weight is 267 g/mol. The van der Waals surface area contributed by atoms with Gasteiger partial charge in [0.05, 0.1) is 0 Å². The molecular formula is C10H25NO3SSi. The van der Waals surface area contributed by atoms with Gasteiger partial charge in [0.1, 0.15) is 0 Å². The molecule has 2 N–H and O–H groups in total. The fraction of sp³-hybridized carbons (Fsp3) is 1.00. The second kappa shape index (κ2) is 10.6. The van der Waals surface area contributed by atoms with Gasteiger partial charge in [0.15, 0.2) is 0 Å². The van der Waals surface area contributed by atoms with E-state index < -0.39 is 8.80 Å². The highest BCUT2D eigenvalue weighted by molar-refractivity contribution is 7.99. The van der Waals surface area contributed by atoms with Crippen molar-refractivity contribution in [1.82, 2.24) is 0 Å². The zero-order valence-corrected chi connectivity index (χ0v) is 12.5. The maximum atomic E-state index is 5.84. The Bertz CT molecular complexity index is 157. The third kappa shape index (κ3) is 6.88. The largest absolute Gasteiger partial charge is 0.500 e. The predicted octanol–water partition coefficient (Wildman–Crippen LogP) is 1.73. The molecule has 0 aromatic carbocycles. The smallest absolute Gasteiger partial charge is 0.374 e. The lowest BCUT2D eigenvalue weighted by atomic mass is 10.8. The first-order valence-electron chi connectivity index (χ1n) is 5.94. The van der Waals surface area contributed by atoms with Crippen molar-refractivity contribution in [3.63, 3.8) is 0 Å². The number of thioether (sulfide) groups is 1. The first-order valence-corrected chi connectivity index (χ1v) is 9.03. The topological polar surface area (TPSA) is 53.7 Å². The molecule has 0 atom stereocenters. The maximum absolute atomic E-state index is 5.84. The summed E-state index contributed by atoms with van der Waals surface area (Å²) in [6, 6.07) is 0.830. The van der Waals surface area contributed by atoms with Crippen molar-refractivity contribution in [1.29, 1.82) is 0 Å². The average Bonchev–Trinajstić information content (AvgIpc) is 2.29. The molecule has 98 valence electrons. The van der Waals surface area contributed by atoms with Crippen molar-refractivity contribution in [3.8, 4) is 0 Å². The molecule has 0 heterocycles. The van der Waals surface area contributed by atoms with Crippen LogP contribution in [0.2, 0.25) is 6.04 Å². The molecule has 0 aliphatic rings. The summed E-state index contributed by atoms with van der Waals surface area (Å²) < 4.78 is 17.2. The molecule has 0 aromatic rings. The minimum atomic E-state index is -2.37. The van der Waals surface area contributed by atoms with Crippen LogP contribution in [-0.2, 0) is 13.3 Å². The summed E-state index contributed by atoms with van der Waals surface area (Å²) in [5, 5.41) is 0. The summed E-state index contributed by atoms with van der Waals surface area (Å²) >= 11 is 1.80. The Labute approximate surface area is 105 Å². The highest BCUT2D eigenvalue weighted by Gasteiger charge is 2.38. The van der Waals surface area contributed by atoms with E-state index in [0.29, 0.717) is 19.8 Å². The zero-order chi connectivity index (χ0) is 12.3. The van der Waals surface area contributed by atoms with Crippen molar-refractivity contribution in [2.24, 2.45) is 5.73 Å². The number of hydrogen-bond acceptors (Lipinski definition) is 5. The molecule has 0 aromatic heterocycles. The maximum Gasteiger partial charge on any atom is 0.500 e. The Morgan fingerprint density at radius 1 is 1.00 bits per heavy atom. The monoisotopic (exact) mass is 267 g/mol. The summed E-state index contributed by atoms with van der Waals surface area (Å²) in [7, 11) is -2.37. The van der Waals surface area contributed by atoms with Crippen molar-refractivity contribution in [2.45, 2.75) is 26.8 Å². The van der Waals surface area contributed by atoms with E-state index in [0.717, 1.165) is 24.1 Å². The summed E-state index contributed by atoms with van der Waals surface area (Å²) in [6.45, 7) is 8.71. The third-order valence-electron chi connectivity index (χ3n) is 1.97. The van der Waals surface area contributed by atoms with Crippen LogP contribution in [0.5, 0.6) is 0 Å². The van der Waals surface area contributed by atoms with Crippen LogP contribution in [0.1, 0.15) is 20.8 Å². The number of rotatable bonds is 11. The van der Waals surface area contributed by atoms with E-state index in [2.05, 4.69) is 6.92 Å². The zero-order valence-electron chi connectivity index (χ0n) is 10.7. The molecular weight excluding hydrogens is 242 g/mol. The quantitative estimate of drug-likeness (QED) is 0.456. The highest BCUT2D eigenvalue weighted by Crippen LogP contribution is 2.15. The molecule has 6 heteroatoms. The standard InChI is InChI=1S/C10H25NO3SSi/c1-4-12-16(6-3,13-5-2)14-8-10-15-9-7-11/h4-11H2,1-3H3. The molecule has 0 fully saturated rings. The van der Waals surface area contributed by atoms with Gasteiger partial charge in [0, 0.05) is 43.9 Å². The molecule has 0 spiro atoms. The molecule has 0 unspecified atom stereocenters. The summed E-state index contributed by atoms with van der Waals surface area (Å²) in [5.74, 6) is 1.93. The van der Waals surface area contributed by atoms with Gasteiger partial charge in [-0.25, -0.2) is 0 Å². The highest BCUT2D eigenvalue weighted by atomic mass is 32.2. The van der Waals surface area contributed by atoms with E-state index in [1.807, 2.05) is 13.8 Å². The van der Waals surface area contributed by atoms with Gasteiger partial charge in [0.25, 0.3) is 0 Å². The van der Waals surface area contributed by atoms with Gasteiger partial charge in [-0.2, -0.15) is 11.8 Å². The molecule has 0 saturated heterocycles. The molecule has 0 saturated carbocycles. The minimum Gasteiger partial charge on any atom is -0.374 e. The second-order valence-electron chi connectivity index (χ2n) is 3.15. The van der Waals surface area contributed by atoms with Gasteiger partial charge >= 0.3 is 8.80 Å². The van der Waals surface area contributed by atoms with Crippen LogP contribution in [0.4, 0.5) is 0 Å². The lowest BCUT2D eigenvalue weighted by Gasteiger charge is -2.27. The molecule has 4 nitrogen and oxygen atoms in total. The van der Waals surface area contributed by atoms with Gasteiger partial charge in [-0.05, 0) is 13.8 Å². The first kappa shape index (κ1) is 16.4. The van der Waals surface area contributed by atoms with E-state index in [1.54, 1.807) is 11.8 Å². The van der Waals surface area contributed by atoms with Crippen LogP contribution < -0.4 is 5.73 Å². The summed E-state index contributed by atoms with van der Waals surface area (Å²) in [4.78, 5) is 0. The Kier molecular flexibility index (Phi) is 10.8. The van der Waals surface area contributed by atoms with Crippen LogP contribution in [-0.4, -0.2) is 46.7 Å². The Hall–Kier alpha value is 0.407. The predicted molar refractivity (Wildman–Crippen MR) is 71.8 cm³/mol. The number of nitrogens with two attached hydrogens (primary N) is 1.